The Balaban J connectivity index is 2.15. The van der Waals surface area contributed by atoms with Crippen LogP contribution in [0.2, 0.25) is 0 Å². The van der Waals surface area contributed by atoms with E-state index >= 15 is 0 Å². The van der Waals surface area contributed by atoms with Crippen molar-refractivity contribution in [2.45, 2.75) is 31.8 Å². The lowest BCUT2D eigenvalue weighted by molar-refractivity contribution is -0.385. The van der Waals surface area contributed by atoms with Gasteiger partial charge in [-0.3, -0.25) is 10.1 Å². The third-order valence-electron chi connectivity index (χ3n) is 3.21. The number of nitrogens with zero attached hydrogens (tertiary/aromatic N) is 1. The Morgan fingerprint density at radius 2 is 2.28 bits per heavy atom. The van der Waals surface area contributed by atoms with E-state index in [-0.39, 0.29) is 17.8 Å². The van der Waals surface area contributed by atoms with E-state index in [0.29, 0.717) is 5.69 Å². The molecule has 1 aliphatic rings. The average Bonchev–Trinajstić information content (AvgIpc) is 2.31. The summed E-state index contributed by atoms with van der Waals surface area (Å²) in [5.74, 6) is -0.594. The molecule has 6 heteroatoms. The fraction of sp³-hybridized carbons (Fsp3) is 0.500. The smallest absolute Gasteiger partial charge is 0.274 e. The van der Waals surface area contributed by atoms with E-state index < -0.39 is 10.7 Å². The van der Waals surface area contributed by atoms with Crippen LogP contribution in [0.3, 0.4) is 0 Å². The molecular formula is C12H16FN3O2. The number of rotatable bonds is 3. The molecule has 5 nitrogen and oxygen atoms in total. The van der Waals surface area contributed by atoms with Crippen molar-refractivity contribution in [3.63, 3.8) is 0 Å². The van der Waals surface area contributed by atoms with Gasteiger partial charge in [0.2, 0.25) is 0 Å². The number of nitrogens with one attached hydrogen (secondary N) is 2. The van der Waals surface area contributed by atoms with Crippen LogP contribution in [-0.4, -0.2) is 23.6 Å². The van der Waals surface area contributed by atoms with Crippen molar-refractivity contribution in [1.82, 2.24) is 5.32 Å². The average molecular weight is 253 g/mol. The molecule has 0 spiro atoms. The molecular weight excluding hydrogens is 237 g/mol. The first-order valence-electron chi connectivity index (χ1n) is 6.01. The molecule has 0 amide bonds. The maximum Gasteiger partial charge on any atom is 0.274 e. The maximum atomic E-state index is 13.3. The third-order valence-corrected chi connectivity index (χ3v) is 3.21. The summed E-state index contributed by atoms with van der Waals surface area (Å²) in [6.45, 7) is 3.02. The fourth-order valence-corrected chi connectivity index (χ4v) is 2.22. The minimum Gasteiger partial charge on any atom is -0.380 e. The minimum absolute atomic E-state index is 0.167. The third kappa shape index (κ3) is 2.95. The molecule has 2 N–H and O–H groups in total. The van der Waals surface area contributed by atoms with E-state index in [0.717, 1.165) is 25.5 Å². The first kappa shape index (κ1) is 12.8. The molecule has 1 heterocycles. The number of hydrogen-bond acceptors (Lipinski definition) is 4. The molecule has 0 aromatic heterocycles. The van der Waals surface area contributed by atoms with Crippen molar-refractivity contribution in [2.75, 3.05) is 11.9 Å². The van der Waals surface area contributed by atoms with Gasteiger partial charge in [0.15, 0.2) is 0 Å². The molecule has 2 atom stereocenters. The number of non-ortho nitro benzene ring substituents is 1. The first-order valence-corrected chi connectivity index (χ1v) is 6.01. The van der Waals surface area contributed by atoms with Crippen LogP contribution < -0.4 is 10.6 Å². The van der Waals surface area contributed by atoms with Crippen molar-refractivity contribution in [1.29, 1.82) is 0 Å². The number of halogens is 1. The summed E-state index contributed by atoms with van der Waals surface area (Å²) in [5, 5.41) is 17.1. The normalized spacial score (nSPS) is 23.7. The van der Waals surface area contributed by atoms with Crippen LogP contribution in [0.25, 0.3) is 0 Å². The zero-order valence-corrected chi connectivity index (χ0v) is 10.1. The number of anilines is 1. The second-order valence-electron chi connectivity index (χ2n) is 4.59. The second-order valence-corrected chi connectivity index (χ2v) is 4.59. The van der Waals surface area contributed by atoms with E-state index in [1.807, 2.05) is 6.92 Å². The SMILES string of the molecule is CC1NCCCC1Nc1cc(F)cc([N+](=O)[O-])c1. The van der Waals surface area contributed by atoms with Crippen molar-refractivity contribution in [3.05, 3.63) is 34.1 Å². The second kappa shape index (κ2) is 5.30. The topological polar surface area (TPSA) is 67.2 Å². The summed E-state index contributed by atoms with van der Waals surface area (Å²) in [5.41, 5.74) is 0.233. The Bertz CT molecular complexity index is 453. The number of nitro groups is 1. The van der Waals surface area contributed by atoms with Crippen LogP contribution in [-0.2, 0) is 0 Å². The maximum absolute atomic E-state index is 13.3. The minimum atomic E-state index is -0.594. The van der Waals surface area contributed by atoms with E-state index in [9.17, 15) is 14.5 Å². The highest BCUT2D eigenvalue weighted by atomic mass is 19.1. The van der Waals surface area contributed by atoms with Gasteiger partial charge in [-0.25, -0.2) is 4.39 Å². The number of piperidine rings is 1. The molecule has 0 aliphatic carbocycles. The van der Waals surface area contributed by atoms with E-state index in [1.165, 1.54) is 12.1 Å². The molecule has 0 radical (unpaired) electrons. The van der Waals surface area contributed by atoms with Crippen molar-refractivity contribution in [2.24, 2.45) is 0 Å². The highest BCUT2D eigenvalue weighted by Crippen LogP contribution is 2.22. The number of hydrogen-bond donors (Lipinski definition) is 2. The molecule has 1 aromatic rings. The van der Waals surface area contributed by atoms with Gasteiger partial charge in [0.25, 0.3) is 5.69 Å². The molecule has 0 bridgehead atoms. The van der Waals surface area contributed by atoms with Gasteiger partial charge in [-0.1, -0.05) is 0 Å². The number of nitro benzene ring substituents is 1. The highest BCUT2D eigenvalue weighted by Gasteiger charge is 2.21. The Labute approximate surface area is 105 Å². The number of benzene rings is 1. The van der Waals surface area contributed by atoms with E-state index in [4.69, 9.17) is 0 Å². The zero-order chi connectivity index (χ0) is 13.1. The van der Waals surface area contributed by atoms with Gasteiger partial charge in [0.05, 0.1) is 11.0 Å². The monoisotopic (exact) mass is 253 g/mol. The molecule has 1 saturated heterocycles. The Morgan fingerprint density at radius 3 is 2.94 bits per heavy atom. The van der Waals surface area contributed by atoms with Gasteiger partial charge < -0.3 is 10.6 Å². The highest BCUT2D eigenvalue weighted by molar-refractivity contribution is 5.52. The van der Waals surface area contributed by atoms with Crippen LogP contribution >= 0.6 is 0 Å². The zero-order valence-electron chi connectivity index (χ0n) is 10.1. The molecule has 98 valence electrons. The Morgan fingerprint density at radius 1 is 1.50 bits per heavy atom. The quantitative estimate of drug-likeness (QED) is 0.640. The summed E-state index contributed by atoms with van der Waals surface area (Å²) in [4.78, 5) is 10.1. The summed E-state index contributed by atoms with van der Waals surface area (Å²) in [7, 11) is 0. The van der Waals surface area contributed by atoms with Gasteiger partial charge in [-0.05, 0) is 32.4 Å². The summed E-state index contributed by atoms with van der Waals surface area (Å²) >= 11 is 0. The van der Waals surface area contributed by atoms with Crippen LogP contribution in [0.4, 0.5) is 15.8 Å². The van der Waals surface area contributed by atoms with E-state index in [2.05, 4.69) is 10.6 Å². The fourth-order valence-electron chi connectivity index (χ4n) is 2.22. The van der Waals surface area contributed by atoms with Crippen LogP contribution in [0.1, 0.15) is 19.8 Å². The first-order chi connectivity index (χ1) is 8.56. The lowest BCUT2D eigenvalue weighted by Crippen LogP contribution is -2.46. The summed E-state index contributed by atoms with van der Waals surface area (Å²) < 4.78 is 13.3. The largest absolute Gasteiger partial charge is 0.380 e. The van der Waals surface area contributed by atoms with Crippen LogP contribution in [0, 0.1) is 15.9 Å². The molecule has 2 rings (SSSR count). The predicted octanol–water partition coefficient (Wildman–Crippen LogP) is 2.29. The molecule has 1 aliphatic heterocycles. The van der Waals surface area contributed by atoms with Gasteiger partial charge in [-0.2, -0.15) is 0 Å². The molecule has 2 unspecified atom stereocenters. The molecule has 1 fully saturated rings. The van der Waals surface area contributed by atoms with Crippen LogP contribution in [0.15, 0.2) is 18.2 Å². The Kier molecular flexibility index (Phi) is 3.76. The van der Waals surface area contributed by atoms with Gasteiger partial charge >= 0.3 is 0 Å². The van der Waals surface area contributed by atoms with Crippen LogP contribution in [0.5, 0.6) is 0 Å². The van der Waals surface area contributed by atoms with Crippen molar-refractivity contribution in [3.8, 4) is 0 Å². The van der Waals surface area contributed by atoms with Crippen molar-refractivity contribution >= 4 is 11.4 Å². The summed E-state index contributed by atoms with van der Waals surface area (Å²) in [6, 6.07) is 4.01. The van der Waals surface area contributed by atoms with E-state index in [1.54, 1.807) is 0 Å². The molecule has 0 saturated carbocycles. The predicted molar refractivity (Wildman–Crippen MR) is 67.2 cm³/mol. The standard InChI is InChI=1S/C12H16FN3O2/c1-8-12(3-2-4-14-8)15-10-5-9(13)6-11(7-10)16(17)18/h5-8,12,14-15H,2-4H2,1H3. The summed E-state index contributed by atoms with van der Waals surface area (Å²) in [6.07, 6.45) is 2.01. The molecule has 18 heavy (non-hydrogen) atoms. The van der Waals surface area contributed by atoms with Crippen molar-refractivity contribution < 1.29 is 9.31 Å². The Hall–Kier alpha value is -1.69. The van der Waals surface area contributed by atoms with Gasteiger partial charge in [0.1, 0.15) is 5.82 Å². The lowest BCUT2D eigenvalue weighted by atomic mass is 9.99. The molecule has 1 aromatic carbocycles. The van der Waals surface area contributed by atoms with Gasteiger partial charge in [0, 0.05) is 23.8 Å². The van der Waals surface area contributed by atoms with Gasteiger partial charge in [-0.15, -0.1) is 0 Å². The lowest BCUT2D eigenvalue weighted by Gasteiger charge is -2.31.